The number of hydrogen-bond donors (Lipinski definition) is 2. The third-order valence-corrected chi connectivity index (χ3v) is 5.26. The zero-order valence-electron chi connectivity index (χ0n) is 16.8. The molecule has 2 rings (SSSR count). The molecule has 2 fully saturated rings. The second-order valence-corrected chi connectivity index (χ2v) is 7.52. The Bertz CT molecular complexity index is 499. The van der Waals surface area contributed by atoms with Gasteiger partial charge in [-0.25, -0.2) is 4.99 Å². The van der Waals surface area contributed by atoms with Crippen molar-refractivity contribution >= 4 is 41.8 Å². The Morgan fingerprint density at radius 2 is 1.56 bits per heavy atom. The Morgan fingerprint density at radius 3 is 2.07 bits per heavy atom. The Kier molecular flexibility index (Phi) is 11.0. The standard InChI is InChI=1S/C19H34N4O3.HI/c1-4-26-18(25)14-9-11-16(12-10-14)22-19(20-13-17(24)23(2)3)21-15-7-5-6-8-15;/h14-16H,4-13H2,1-3H3,(H2,20,21,22);1H. The summed E-state index contributed by atoms with van der Waals surface area (Å²) < 4.78 is 5.14. The van der Waals surface area contributed by atoms with E-state index in [2.05, 4.69) is 15.6 Å². The van der Waals surface area contributed by atoms with Gasteiger partial charge < -0.3 is 20.3 Å². The van der Waals surface area contributed by atoms with Crippen LogP contribution in [-0.2, 0) is 14.3 Å². The summed E-state index contributed by atoms with van der Waals surface area (Å²) >= 11 is 0. The van der Waals surface area contributed by atoms with Crippen molar-refractivity contribution in [2.24, 2.45) is 10.9 Å². The van der Waals surface area contributed by atoms with Gasteiger partial charge in [0.1, 0.15) is 6.54 Å². The lowest BCUT2D eigenvalue weighted by atomic mass is 9.86. The molecule has 0 aromatic carbocycles. The van der Waals surface area contributed by atoms with Gasteiger partial charge in [0.25, 0.3) is 0 Å². The molecule has 156 valence electrons. The van der Waals surface area contributed by atoms with Crippen LogP contribution in [0.2, 0.25) is 0 Å². The van der Waals surface area contributed by atoms with Crippen LogP contribution in [0, 0.1) is 5.92 Å². The minimum Gasteiger partial charge on any atom is -0.466 e. The molecule has 27 heavy (non-hydrogen) atoms. The highest BCUT2D eigenvalue weighted by Crippen LogP contribution is 2.25. The Hall–Kier alpha value is -1.06. The summed E-state index contributed by atoms with van der Waals surface area (Å²) in [5.41, 5.74) is 0. The van der Waals surface area contributed by atoms with Crippen LogP contribution in [0.25, 0.3) is 0 Å². The molecule has 0 unspecified atom stereocenters. The number of carbonyl (C=O) groups is 2. The Morgan fingerprint density at radius 1 is 1.00 bits per heavy atom. The smallest absolute Gasteiger partial charge is 0.308 e. The van der Waals surface area contributed by atoms with Gasteiger partial charge in [0.2, 0.25) is 5.91 Å². The lowest BCUT2D eigenvalue weighted by Gasteiger charge is -2.30. The van der Waals surface area contributed by atoms with Crippen molar-refractivity contribution in [2.75, 3.05) is 27.2 Å². The van der Waals surface area contributed by atoms with Crippen molar-refractivity contribution < 1.29 is 14.3 Å². The molecule has 2 N–H and O–H groups in total. The lowest BCUT2D eigenvalue weighted by molar-refractivity contribution is -0.149. The summed E-state index contributed by atoms with van der Waals surface area (Å²) in [5, 5.41) is 6.97. The number of likely N-dealkylation sites (N-methyl/N-ethyl adjacent to an activating group) is 1. The summed E-state index contributed by atoms with van der Waals surface area (Å²) in [5.74, 6) is 0.669. The van der Waals surface area contributed by atoms with E-state index in [9.17, 15) is 9.59 Å². The molecule has 0 aromatic rings. The largest absolute Gasteiger partial charge is 0.466 e. The van der Waals surface area contributed by atoms with Crippen LogP contribution in [0.1, 0.15) is 58.3 Å². The fraction of sp³-hybridized carbons (Fsp3) is 0.842. The third kappa shape index (κ3) is 8.23. The number of halogens is 1. The number of carbonyl (C=O) groups excluding carboxylic acids is 2. The molecule has 1 amide bonds. The van der Waals surface area contributed by atoms with Gasteiger partial charge in [0, 0.05) is 26.2 Å². The second kappa shape index (κ2) is 12.4. The molecule has 0 aliphatic heterocycles. The van der Waals surface area contributed by atoms with Gasteiger partial charge >= 0.3 is 5.97 Å². The molecule has 2 saturated carbocycles. The van der Waals surface area contributed by atoms with Crippen LogP contribution >= 0.6 is 24.0 Å². The second-order valence-electron chi connectivity index (χ2n) is 7.52. The minimum atomic E-state index is -0.0690. The quantitative estimate of drug-likeness (QED) is 0.256. The van der Waals surface area contributed by atoms with E-state index in [0.29, 0.717) is 12.6 Å². The number of hydrogen-bond acceptors (Lipinski definition) is 4. The molecule has 0 spiro atoms. The summed E-state index contributed by atoms with van der Waals surface area (Å²) in [7, 11) is 3.48. The number of ether oxygens (including phenoxy) is 1. The van der Waals surface area contributed by atoms with Crippen LogP contribution in [0.4, 0.5) is 0 Å². The first kappa shape index (κ1) is 24.0. The van der Waals surface area contributed by atoms with E-state index in [-0.39, 0.29) is 54.4 Å². The maximum absolute atomic E-state index is 11.9. The molecular weight excluding hydrogens is 459 g/mol. The van der Waals surface area contributed by atoms with Gasteiger partial charge in [-0.2, -0.15) is 0 Å². The third-order valence-electron chi connectivity index (χ3n) is 5.26. The number of esters is 1. The highest BCUT2D eigenvalue weighted by Gasteiger charge is 2.28. The molecular formula is C19H35IN4O3. The molecule has 8 heteroatoms. The number of aliphatic imine (C=N–C) groups is 1. The monoisotopic (exact) mass is 494 g/mol. The zero-order valence-corrected chi connectivity index (χ0v) is 19.2. The maximum atomic E-state index is 11.9. The molecule has 2 aliphatic carbocycles. The number of amides is 1. The van der Waals surface area contributed by atoms with E-state index in [1.54, 1.807) is 19.0 Å². The summed E-state index contributed by atoms with van der Waals surface area (Å²) in [6.07, 6.45) is 8.29. The van der Waals surface area contributed by atoms with Gasteiger partial charge in [-0.1, -0.05) is 12.8 Å². The highest BCUT2D eigenvalue weighted by molar-refractivity contribution is 14.0. The minimum absolute atomic E-state index is 0. The number of guanidine groups is 1. The molecule has 2 aliphatic rings. The van der Waals surface area contributed by atoms with Crippen molar-refractivity contribution in [3.8, 4) is 0 Å². The van der Waals surface area contributed by atoms with E-state index in [0.717, 1.165) is 44.5 Å². The summed E-state index contributed by atoms with van der Waals surface area (Å²) in [6.45, 7) is 2.43. The Balaban J connectivity index is 0.00000364. The predicted molar refractivity (Wildman–Crippen MR) is 117 cm³/mol. The van der Waals surface area contributed by atoms with Crippen molar-refractivity contribution in [1.82, 2.24) is 15.5 Å². The summed E-state index contributed by atoms with van der Waals surface area (Å²) in [4.78, 5) is 29.8. The molecule has 0 heterocycles. The molecule has 0 radical (unpaired) electrons. The van der Waals surface area contributed by atoms with E-state index >= 15 is 0 Å². The predicted octanol–water partition coefficient (Wildman–Crippen LogP) is 2.29. The van der Waals surface area contributed by atoms with Crippen molar-refractivity contribution in [3.63, 3.8) is 0 Å². The lowest BCUT2D eigenvalue weighted by Crippen LogP contribution is -2.48. The first-order chi connectivity index (χ1) is 12.5. The molecule has 0 atom stereocenters. The van der Waals surface area contributed by atoms with Gasteiger partial charge in [0.15, 0.2) is 5.96 Å². The topological polar surface area (TPSA) is 83.0 Å². The molecule has 0 aromatic heterocycles. The number of rotatable bonds is 6. The van der Waals surface area contributed by atoms with Crippen LogP contribution in [0.15, 0.2) is 4.99 Å². The van der Waals surface area contributed by atoms with Gasteiger partial charge in [-0.05, 0) is 45.4 Å². The van der Waals surface area contributed by atoms with Gasteiger partial charge in [0.05, 0.1) is 12.5 Å². The number of nitrogens with one attached hydrogen (secondary N) is 2. The molecule has 7 nitrogen and oxygen atoms in total. The normalized spacial score (nSPS) is 23.3. The van der Waals surface area contributed by atoms with Crippen LogP contribution in [0.5, 0.6) is 0 Å². The van der Waals surface area contributed by atoms with Gasteiger partial charge in [-0.3, -0.25) is 9.59 Å². The molecule has 0 saturated heterocycles. The number of nitrogens with zero attached hydrogens (tertiary/aromatic N) is 2. The fourth-order valence-electron chi connectivity index (χ4n) is 3.61. The van der Waals surface area contributed by atoms with Crippen molar-refractivity contribution in [1.29, 1.82) is 0 Å². The Labute approximate surface area is 180 Å². The van der Waals surface area contributed by atoms with Crippen LogP contribution < -0.4 is 10.6 Å². The van der Waals surface area contributed by atoms with E-state index in [4.69, 9.17) is 4.74 Å². The van der Waals surface area contributed by atoms with E-state index in [1.165, 1.54) is 12.8 Å². The van der Waals surface area contributed by atoms with Crippen molar-refractivity contribution in [3.05, 3.63) is 0 Å². The average molecular weight is 494 g/mol. The van der Waals surface area contributed by atoms with Crippen molar-refractivity contribution in [2.45, 2.75) is 70.4 Å². The highest BCUT2D eigenvalue weighted by atomic mass is 127. The van der Waals surface area contributed by atoms with E-state index < -0.39 is 0 Å². The zero-order chi connectivity index (χ0) is 18.9. The maximum Gasteiger partial charge on any atom is 0.308 e. The SMILES string of the molecule is CCOC(=O)C1CCC(NC(=NCC(=O)N(C)C)NC2CCCC2)CC1.I. The molecule has 0 bridgehead atoms. The average Bonchev–Trinajstić information content (AvgIpc) is 3.13. The summed E-state index contributed by atoms with van der Waals surface area (Å²) in [6, 6.07) is 0.717. The first-order valence-corrected chi connectivity index (χ1v) is 9.94. The van der Waals surface area contributed by atoms with Crippen LogP contribution in [0.3, 0.4) is 0 Å². The van der Waals surface area contributed by atoms with E-state index in [1.807, 2.05) is 6.92 Å². The van der Waals surface area contributed by atoms with Crippen LogP contribution in [-0.4, -0.2) is 62.1 Å². The fourth-order valence-corrected chi connectivity index (χ4v) is 3.61. The van der Waals surface area contributed by atoms with Gasteiger partial charge in [-0.15, -0.1) is 24.0 Å². The first-order valence-electron chi connectivity index (χ1n) is 9.94.